The van der Waals surface area contributed by atoms with Crippen molar-refractivity contribution in [2.45, 2.75) is 19.0 Å². The summed E-state index contributed by atoms with van der Waals surface area (Å²) in [6.07, 6.45) is 6.44. The fourth-order valence-electron chi connectivity index (χ4n) is 3.76. The molecule has 0 saturated carbocycles. The van der Waals surface area contributed by atoms with Crippen LogP contribution in [0.1, 0.15) is 27.2 Å². The zero-order valence-corrected chi connectivity index (χ0v) is 17.5. The molecule has 2 atom stereocenters. The Bertz CT molecular complexity index is 1390. The second-order valence-electron chi connectivity index (χ2n) is 7.67. The van der Waals surface area contributed by atoms with Gasteiger partial charge in [0.05, 0.1) is 36.0 Å². The molecule has 1 aliphatic rings. The molecule has 34 heavy (non-hydrogen) atoms. The molecule has 2 N–H and O–H groups in total. The van der Waals surface area contributed by atoms with E-state index < -0.39 is 46.9 Å². The van der Waals surface area contributed by atoms with Gasteiger partial charge in [-0.05, 0) is 35.7 Å². The molecule has 3 aromatic rings. The topological polar surface area (TPSA) is 99.8 Å². The molecule has 0 fully saturated rings. The minimum absolute atomic E-state index is 0.0940. The number of terminal acetylenes is 1. The molecule has 2 heterocycles. The summed E-state index contributed by atoms with van der Waals surface area (Å²) in [5, 5.41) is 17.6. The van der Waals surface area contributed by atoms with Gasteiger partial charge in [0.25, 0.3) is 5.91 Å². The lowest BCUT2D eigenvalue weighted by Gasteiger charge is -2.20. The number of nitrogens with zero attached hydrogens (tertiary/aromatic N) is 3. The van der Waals surface area contributed by atoms with Crippen molar-refractivity contribution < 1.29 is 22.8 Å². The van der Waals surface area contributed by atoms with Crippen LogP contribution in [-0.4, -0.2) is 27.6 Å². The lowest BCUT2D eigenvalue weighted by atomic mass is 9.93. The molecule has 0 radical (unpaired) electrons. The number of nitrogens with one attached hydrogen (secondary N) is 2. The highest BCUT2D eigenvalue weighted by atomic mass is 19.1. The first-order valence-corrected chi connectivity index (χ1v) is 10.1. The number of carbonyl (C=O) groups excluding carboxylic acids is 2. The molecule has 0 unspecified atom stereocenters. The minimum atomic E-state index is -1.34. The molecule has 170 valence electrons. The van der Waals surface area contributed by atoms with Crippen LogP contribution in [0, 0.1) is 47.0 Å². The Labute approximate surface area is 192 Å². The number of aromatic nitrogens is 2. The molecular weight excluding hydrogens is 447 g/mol. The summed E-state index contributed by atoms with van der Waals surface area (Å²) in [5.74, 6) is -3.17. The maximum Gasteiger partial charge on any atom is 0.275 e. The SMILES string of the molecule is C#C[C@@H]1Cc2cc(F)cc(F)c2NC(=O)[C@@H]1NC(=O)c1nn(Cc2cccc(C#N)c2)cc1F. The van der Waals surface area contributed by atoms with Crippen molar-refractivity contribution >= 4 is 17.5 Å². The van der Waals surface area contributed by atoms with E-state index in [0.29, 0.717) is 17.2 Å². The Kier molecular flexibility index (Phi) is 6.07. The van der Waals surface area contributed by atoms with Crippen LogP contribution in [0.5, 0.6) is 0 Å². The summed E-state index contributed by atoms with van der Waals surface area (Å²) < 4.78 is 43.5. The summed E-state index contributed by atoms with van der Waals surface area (Å²) in [7, 11) is 0. The van der Waals surface area contributed by atoms with E-state index in [1.54, 1.807) is 24.3 Å². The van der Waals surface area contributed by atoms with E-state index in [1.165, 1.54) is 4.68 Å². The number of fused-ring (bicyclic) bond motifs is 1. The molecule has 1 aromatic heterocycles. The predicted molar refractivity (Wildman–Crippen MR) is 115 cm³/mol. The highest BCUT2D eigenvalue weighted by Gasteiger charge is 2.35. The first-order valence-electron chi connectivity index (χ1n) is 10.1. The fraction of sp³-hybridized carbons (Fsp3) is 0.167. The highest BCUT2D eigenvalue weighted by molar-refractivity contribution is 6.01. The number of benzene rings is 2. The van der Waals surface area contributed by atoms with Gasteiger partial charge in [-0.3, -0.25) is 14.3 Å². The van der Waals surface area contributed by atoms with Gasteiger partial charge in [-0.2, -0.15) is 10.4 Å². The summed E-state index contributed by atoms with van der Waals surface area (Å²) in [6.45, 7) is 0.0940. The number of hydrogen-bond acceptors (Lipinski definition) is 4. The molecule has 10 heteroatoms. The lowest BCUT2D eigenvalue weighted by molar-refractivity contribution is -0.118. The maximum atomic E-state index is 14.5. The number of rotatable bonds is 4. The molecule has 2 amide bonds. The van der Waals surface area contributed by atoms with Crippen LogP contribution in [0.2, 0.25) is 0 Å². The van der Waals surface area contributed by atoms with Gasteiger partial charge in [0.2, 0.25) is 5.91 Å². The summed E-state index contributed by atoms with van der Waals surface area (Å²) in [5.41, 5.74) is 0.425. The quantitative estimate of drug-likeness (QED) is 0.582. The molecule has 0 spiro atoms. The van der Waals surface area contributed by atoms with Gasteiger partial charge in [0.15, 0.2) is 11.5 Å². The van der Waals surface area contributed by atoms with E-state index in [1.807, 2.05) is 6.07 Å². The van der Waals surface area contributed by atoms with E-state index in [4.69, 9.17) is 11.7 Å². The van der Waals surface area contributed by atoms with Gasteiger partial charge >= 0.3 is 0 Å². The van der Waals surface area contributed by atoms with Crippen molar-refractivity contribution in [2.75, 3.05) is 5.32 Å². The molecule has 0 aliphatic carbocycles. The van der Waals surface area contributed by atoms with Crippen LogP contribution >= 0.6 is 0 Å². The van der Waals surface area contributed by atoms with Crippen LogP contribution in [0.3, 0.4) is 0 Å². The first-order chi connectivity index (χ1) is 16.3. The molecule has 7 nitrogen and oxygen atoms in total. The van der Waals surface area contributed by atoms with Crippen molar-refractivity contribution in [2.24, 2.45) is 5.92 Å². The Morgan fingerprint density at radius 3 is 2.79 bits per heavy atom. The van der Waals surface area contributed by atoms with Gasteiger partial charge < -0.3 is 10.6 Å². The Hall–Kier alpha value is -4.57. The van der Waals surface area contributed by atoms with Crippen molar-refractivity contribution in [3.8, 4) is 18.4 Å². The average molecular weight is 463 g/mol. The normalized spacial score (nSPS) is 17.0. The molecular formula is C24H16F3N5O2. The number of nitriles is 1. The smallest absolute Gasteiger partial charge is 0.275 e. The average Bonchev–Trinajstić information content (AvgIpc) is 3.11. The molecule has 1 aliphatic heterocycles. The number of halogens is 3. The lowest BCUT2D eigenvalue weighted by Crippen LogP contribution is -2.48. The van der Waals surface area contributed by atoms with Gasteiger partial charge in [-0.15, -0.1) is 12.3 Å². The van der Waals surface area contributed by atoms with Crippen LogP contribution in [0.4, 0.5) is 18.9 Å². The third kappa shape index (κ3) is 4.48. The van der Waals surface area contributed by atoms with Gasteiger partial charge in [-0.25, -0.2) is 13.2 Å². The van der Waals surface area contributed by atoms with Crippen LogP contribution in [0.15, 0.2) is 42.6 Å². The van der Waals surface area contributed by atoms with Gasteiger partial charge in [0, 0.05) is 6.07 Å². The van der Waals surface area contributed by atoms with E-state index in [2.05, 4.69) is 21.7 Å². The van der Waals surface area contributed by atoms with Crippen molar-refractivity contribution in [1.29, 1.82) is 5.26 Å². The maximum absolute atomic E-state index is 14.5. The number of hydrogen-bond donors (Lipinski definition) is 2. The third-order valence-corrected chi connectivity index (χ3v) is 5.34. The van der Waals surface area contributed by atoms with Gasteiger partial charge in [0.1, 0.15) is 17.7 Å². The molecule has 0 saturated heterocycles. The number of carbonyl (C=O) groups is 2. The number of amides is 2. The van der Waals surface area contributed by atoms with Crippen molar-refractivity contribution in [1.82, 2.24) is 15.1 Å². The summed E-state index contributed by atoms with van der Waals surface area (Å²) >= 11 is 0. The van der Waals surface area contributed by atoms with E-state index in [9.17, 15) is 22.8 Å². The van der Waals surface area contributed by atoms with Crippen molar-refractivity contribution in [3.63, 3.8) is 0 Å². The monoisotopic (exact) mass is 463 g/mol. The Morgan fingerprint density at radius 1 is 1.26 bits per heavy atom. The highest BCUT2D eigenvalue weighted by Crippen LogP contribution is 2.29. The second kappa shape index (κ2) is 9.12. The Morgan fingerprint density at radius 2 is 2.06 bits per heavy atom. The van der Waals surface area contributed by atoms with Crippen LogP contribution < -0.4 is 10.6 Å². The molecule has 0 bridgehead atoms. The van der Waals surface area contributed by atoms with E-state index in [0.717, 1.165) is 12.3 Å². The minimum Gasteiger partial charge on any atom is -0.338 e. The standard InChI is InChI=1S/C24H16F3N5O2/c1-2-15-7-16-8-17(25)9-18(26)20(16)29-23(33)21(15)30-24(34)22-19(27)12-32(31-22)11-14-5-3-4-13(6-14)10-28/h1,3-6,8-9,12,15,21H,7,11H2,(H,29,33)(H,30,34)/t15-,21-/m1/s1. The number of anilines is 1. The van der Waals surface area contributed by atoms with Crippen LogP contribution in [-0.2, 0) is 17.8 Å². The Balaban J connectivity index is 1.55. The predicted octanol–water partition coefficient (Wildman–Crippen LogP) is 2.76. The second-order valence-corrected chi connectivity index (χ2v) is 7.67. The van der Waals surface area contributed by atoms with Crippen molar-refractivity contribution in [3.05, 3.63) is 82.4 Å². The molecule has 4 rings (SSSR count). The first kappa shape index (κ1) is 22.6. The largest absolute Gasteiger partial charge is 0.338 e. The summed E-state index contributed by atoms with van der Waals surface area (Å²) in [4.78, 5) is 25.5. The molecule has 2 aromatic carbocycles. The fourth-order valence-corrected chi connectivity index (χ4v) is 3.76. The van der Waals surface area contributed by atoms with E-state index in [-0.39, 0.29) is 24.2 Å². The zero-order chi connectivity index (χ0) is 24.4. The van der Waals surface area contributed by atoms with Crippen LogP contribution in [0.25, 0.3) is 0 Å². The zero-order valence-electron chi connectivity index (χ0n) is 17.5. The van der Waals surface area contributed by atoms with E-state index >= 15 is 0 Å². The third-order valence-electron chi connectivity index (χ3n) is 5.34. The summed E-state index contributed by atoms with van der Waals surface area (Å²) in [6, 6.07) is 8.93. The van der Waals surface area contributed by atoms with Gasteiger partial charge in [-0.1, -0.05) is 12.1 Å².